The molecule has 6 N–H and O–H groups in total. The Bertz CT molecular complexity index is 1580. The van der Waals surface area contributed by atoms with Crippen molar-refractivity contribution in [3.05, 3.63) is 49.5 Å². The lowest BCUT2D eigenvalue weighted by atomic mass is 9.95. The predicted octanol–water partition coefficient (Wildman–Crippen LogP) is 0.452. The van der Waals surface area contributed by atoms with Gasteiger partial charge in [0.25, 0.3) is 17.4 Å². The molecule has 0 bridgehead atoms. The first-order chi connectivity index (χ1) is 20.0. The minimum atomic E-state index is -0.680. The van der Waals surface area contributed by atoms with E-state index >= 15 is 0 Å². The third-order valence-corrected chi connectivity index (χ3v) is 7.68. The molecule has 42 heavy (non-hydrogen) atoms. The summed E-state index contributed by atoms with van der Waals surface area (Å²) in [4.78, 5) is 53.2. The SMILES string of the molecule is CCn1c(=O)c(=C=CNc2ccc(C(=O)NCCN3CCCC3)c(NC(=O)C(C)(C)C)c2)s/c1=C(/N)C(=O)NCC#N. The van der Waals surface area contributed by atoms with E-state index < -0.39 is 11.3 Å². The van der Waals surface area contributed by atoms with Crippen molar-refractivity contribution in [3.63, 3.8) is 0 Å². The molecule has 13 heteroatoms. The number of amides is 3. The lowest BCUT2D eigenvalue weighted by Crippen LogP contribution is -2.37. The van der Waals surface area contributed by atoms with Gasteiger partial charge in [0, 0.05) is 36.9 Å². The molecule has 1 saturated heterocycles. The van der Waals surface area contributed by atoms with Crippen LogP contribution in [-0.4, -0.2) is 59.9 Å². The zero-order valence-corrected chi connectivity index (χ0v) is 25.2. The molecule has 1 aliphatic rings. The minimum absolute atomic E-state index is 0.163. The summed E-state index contributed by atoms with van der Waals surface area (Å²) in [6, 6.07) is 6.77. The molecular weight excluding hydrogens is 556 g/mol. The van der Waals surface area contributed by atoms with Crippen LogP contribution in [0, 0.1) is 16.7 Å². The second-order valence-electron chi connectivity index (χ2n) is 10.7. The van der Waals surface area contributed by atoms with Crippen molar-refractivity contribution in [2.45, 2.75) is 47.1 Å². The highest BCUT2D eigenvalue weighted by atomic mass is 32.1. The molecule has 2 aromatic rings. The Morgan fingerprint density at radius 2 is 1.88 bits per heavy atom. The van der Waals surface area contributed by atoms with Crippen LogP contribution in [0.1, 0.15) is 50.9 Å². The number of anilines is 2. The molecule has 0 unspecified atom stereocenters. The fraction of sp³-hybridized carbons (Fsp3) is 0.448. The van der Waals surface area contributed by atoms with Gasteiger partial charge in [0.2, 0.25) is 5.91 Å². The minimum Gasteiger partial charge on any atom is -0.392 e. The van der Waals surface area contributed by atoms with E-state index in [1.807, 2.05) is 0 Å². The van der Waals surface area contributed by atoms with Gasteiger partial charge >= 0.3 is 0 Å². The number of nitrogens with one attached hydrogen (secondary N) is 4. The van der Waals surface area contributed by atoms with E-state index in [1.54, 1.807) is 52.0 Å². The van der Waals surface area contributed by atoms with E-state index in [4.69, 9.17) is 11.0 Å². The monoisotopic (exact) mass is 594 g/mol. The van der Waals surface area contributed by atoms with Gasteiger partial charge in [-0.1, -0.05) is 26.5 Å². The van der Waals surface area contributed by atoms with Gasteiger partial charge in [0.05, 0.1) is 17.3 Å². The molecule has 0 radical (unpaired) electrons. The van der Waals surface area contributed by atoms with Crippen molar-refractivity contribution in [1.29, 1.82) is 5.26 Å². The fourth-order valence-electron chi connectivity index (χ4n) is 4.16. The van der Waals surface area contributed by atoms with Crippen molar-refractivity contribution in [3.8, 4) is 6.07 Å². The van der Waals surface area contributed by atoms with Gasteiger partial charge < -0.3 is 31.9 Å². The van der Waals surface area contributed by atoms with Gasteiger partial charge in [0.1, 0.15) is 21.4 Å². The Hall–Kier alpha value is -4.37. The lowest BCUT2D eigenvalue weighted by molar-refractivity contribution is -0.123. The van der Waals surface area contributed by atoms with Gasteiger partial charge in [0.15, 0.2) is 0 Å². The molecule has 0 aliphatic carbocycles. The highest BCUT2D eigenvalue weighted by molar-refractivity contribution is 7.07. The zero-order valence-electron chi connectivity index (χ0n) is 24.4. The summed E-state index contributed by atoms with van der Waals surface area (Å²) in [7, 11) is 0. The summed E-state index contributed by atoms with van der Waals surface area (Å²) in [5.74, 6) is -1.17. The van der Waals surface area contributed by atoms with Crippen molar-refractivity contribution >= 4 is 51.9 Å². The summed E-state index contributed by atoms with van der Waals surface area (Å²) in [6.07, 6.45) is 3.78. The molecule has 2 heterocycles. The van der Waals surface area contributed by atoms with Gasteiger partial charge in [-0.05, 0) is 51.1 Å². The fourth-order valence-corrected chi connectivity index (χ4v) is 5.19. The highest BCUT2D eigenvalue weighted by Crippen LogP contribution is 2.24. The van der Waals surface area contributed by atoms with Gasteiger partial charge in [-0.15, -0.1) is 11.3 Å². The molecule has 12 nitrogen and oxygen atoms in total. The topological polar surface area (TPSA) is 174 Å². The molecule has 0 spiro atoms. The van der Waals surface area contributed by atoms with Crippen molar-refractivity contribution < 1.29 is 14.4 Å². The Morgan fingerprint density at radius 1 is 1.17 bits per heavy atom. The summed E-state index contributed by atoms with van der Waals surface area (Å²) in [5, 5.41) is 19.9. The number of benzene rings is 1. The first-order valence-corrected chi connectivity index (χ1v) is 14.6. The molecule has 224 valence electrons. The summed E-state index contributed by atoms with van der Waals surface area (Å²) in [6.45, 7) is 10.5. The van der Waals surface area contributed by atoms with Crippen LogP contribution in [0.4, 0.5) is 11.4 Å². The molecule has 1 aromatic carbocycles. The highest BCUT2D eigenvalue weighted by Gasteiger charge is 2.23. The van der Waals surface area contributed by atoms with Crippen molar-refractivity contribution in [2.24, 2.45) is 11.1 Å². The number of aromatic nitrogens is 1. The van der Waals surface area contributed by atoms with Crippen LogP contribution >= 0.6 is 11.3 Å². The average molecular weight is 595 g/mol. The summed E-state index contributed by atoms with van der Waals surface area (Å²) in [5.41, 5.74) is 8.89. The van der Waals surface area contributed by atoms with Crippen LogP contribution in [0.15, 0.2) is 29.2 Å². The van der Waals surface area contributed by atoms with Gasteiger partial charge in [-0.25, -0.2) is 0 Å². The molecule has 3 rings (SSSR count). The summed E-state index contributed by atoms with van der Waals surface area (Å²) < 4.78 is 1.84. The van der Waals surface area contributed by atoms with Crippen LogP contribution in [0.2, 0.25) is 0 Å². The number of hydrogen-bond acceptors (Lipinski definition) is 9. The number of carbonyl (C=O) groups excluding carboxylic acids is 3. The van der Waals surface area contributed by atoms with Crippen LogP contribution in [0.25, 0.3) is 11.4 Å². The number of carbonyl (C=O) groups is 3. The molecule has 1 aliphatic heterocycles. The number of thiazole rings is 1. The first-order valence-electron chi connectivity index (χ1n) is 13.8. The van der Waals surface area contributed by atoms with Crippen molar-refractivity contribution in [2.75, 3.05) is 43.4 Å². The van der Waals surface area contributed by atoms with E-state index in [2.05, 4.69) is 31.9 Å². The number of hydrogen-bond donors (Lipinski definition) is 5. The smallest absolute Gasteiger partial charge is 0.277 e. The number of rotatable bonds is 10. The van der Waals surface area contributed by atoms with E-state index in [-0.39, 0.29) is 45.4 Å². The lowest BCUT2D eigenvalue weighted by Gasteiger charge is -2.20. The normalized spacial score (nSPS) is 13.9. The van der Waals surface area contributed by atoms with Crippen LogP contribution in [0.5, 0.6) is 0 Å². The van der Waals surface area contributed by atoms with Crippen molar-refractivity contribution in [1.82, 2.24) is 20.1 Å². The quantitative estimate of drug-likeness (QED) is 0.247. The van der Waals surface area contributed by atoms with Crippen LogP contribution in [0.3, 0.4) is 0 Å². The number of nitrogens with zero attached hydrogens (tertiary/aromatic N) is 3. The summed E-state index contributed by atoms with van der Waals surface area (Å²) >= 11 is 1.00. The van der Waals surface area contributed by atoms with Gasteiger partial charge in [-0.2, -0.15) is 5.26 Å². The van der Waals surface area contributed by atoms with E-state index in [0.29, 0.717) is 23.5 Å². The predicted molar refractivity (Wildman–Crippen MR) is 164 cm³/mol. The second kappa shape index (κ2) is 14.5. The average Bonchev–Trinajstić information content (AvgIpc) is 3.58. The largest absolute Gasteiger partial charge is 0.392 e. The molecule has 3 amide bonds. The Balaban J connectivity index is 1.89. The molecule has 1 aromatic heterocycles. The van der Waals surface area contributed by atoms with E-state index in [1.165, 1.54) is 23.6 Å². The third kappa shape index (κ3) is 8.33. The Kier molecular flexibility index (Phi) is 11.1. The van der Waals surface area contributed by atoms with E-state index in [9.17, 15) is 19.2 Å². The third-order valence-electron chi connectivity index (χ3n) is 6.55. The first kappa shape index (κ1) is 32.1. The number of nitrogens with two attached hydrogens (primary N) is 1. The Morgan fingerprint density at radius 3 is 2.52 bits per heavy atom. The maximum absolute atomic E-state index is 13.0. The zero-order chi connectivity index (χ0) is 30.9. The second-order valence-corrected chi connectivity index (χ2v) is 11.7. The molecule has 1 fully saturated rings. The Labute approximate surface area is 248 Å². The maximum atomic E-state index is 13.0. The standard InChI is InChI=1S/C29H38N8O4S/c1-5-37-26(40)22(42-27(37)23(31)25(39)33-13-11-30)10-12-32-19-8-9-20(21(18-19)35-28(41)29(2,3)4)24(38)34-14-17-36-15-6-7-16-36/h8-9,12,18,32H,5-7,13-17,31H2,1-4H3,(H,33,39)(H,34,38)(H,35,41)/b27-23+. The van der Waals surface area contributed by atoms with E-state index in [0.717, 1.165) is 31.0 Å². The van der Waals surface area contributed by atoms with Crippen LogP contribution in [-0.2, 0) is 16.1 Å². The molecular formula is C29H38N8O4S. The number of nitriles is 1. The molecule has 0 atom stereocenters. The van der Waals surface area contributed by atoms with Crippen LogP contribution < -0.4 is 41.8 Å². The molecule has 0 saturated carbocycles. The van der Waals surface area contributed by atoms with Gasteiger partial charge in [-0.3, -0.25) is 23.7 Å². The number of likely N-dealkylation sites (tertiary alicyclic amines) is 1. The maximum Gasteiger partial charge on any atom is 0.277 e.